The number of para-hydroxylation sites is 2. The first kappa shape index (κ1) is 32.7. The van der Waals surface area contributed by atoms with Crippen LogP contribution in [0.4, 0.5) is 22.7 Å². The monoisotopic (exact) mass is 733 g/mol. The summed E-state index contributed by atoms with van der Waals surface area (Å²) in [5.41, 5.74) is 12.1. The van der Waals surface area contributed by atoms with E-state index in [1.54, 1.807) is 6.20 Å². The molecule has 0 amide bonds. The zero-order valence-electron chi connectivity index (χ0n) is 30.9. The normalized spacial score (nSPS) is 12.4. The van der Waals surface area contributed by atoms with Crippen molar-refractivity contribution in [3.8, 4) is 39.4 Å². The second kappa shape index (κ2) is 13.6. The lowest BCUT2D eigenvalue weighted by Gasteiger charge is -2.27. The smallest absolute Gasteiger partial charge is 0.147 e. The van der Waals surface area contributed by atoms with E-state index in [0.29, 0.717) is 12.4 Å². The Labute approximate surface area is 330 Å². The van der Waals surface area contributed by atoms with Crippen molar-refractivity contribution in [1.82, 2.24) is 14.5 Å². The Kier molecular flexibility index (Phi) is 7.78. The minimum atomic E-state index is 0.605. The van der Waals surface area contributed by atoms with Crippen molar-refractivity contribution in [2.24, 2.45) is 0 Å². The van der Waals surface area contributed by atoms with E-state index >= 15 is 0 Å². The number of hydrogen-bond donors (Lipinski definition) is 0. The molecule has 0 unspecified atom stereocenters. The Hall–Kier alpha value is -7.70. The zero-order chi connectivity index (χ0) is 37.7. The van der Waals surface area contributed by atoms with Gasteiger partial charge in [-0.15, -0.1) is 0 Å². The van der Waals surface area contributed by atoms with Gasteiger partial charge in [-0.2, -0.15) is 0 Å². The van der Waals surface area contributed by atoms with Crippen molar-refractivity contribution in [2.45, 2.75) is 0 Å². The van der Waals surface area contributed by atoms with Crippen LogP contribution in [0.25, 0.3) is 60.6 Å². The molecule has 1 aliphatic rings. The number of anilines is 4. The largest absolute Gasteiger partial charge is 0.456 e. The minimum Gasteiger partial charge on any atom is -0.456 e. The summed E-state index contributed by atoms with van der Waals surface area (Å²) in [6.07, 6.45) is 5.46. The standard InChI is InChI=1S/C51H35N5O/c1-3-14-35(15-4-1)42-23-12-24-43(36-16-5-2-6-17-36)49(42)55-34-54(48-28-27-37-18-7-8-21-44(37)50(48)55)38-19-11-20-40(30-38)57-41-31-39(32-52-33-41)56-47-26-10-9-22-45(47)46-25-13-29-53-51(46)56/h1-33H,34H2. The van der Waals surface area contributed by atoms with E-state index in [0.717, 1.165) is 44.7 Å². The molecule has 7 aromatic carbocycles. The predicted molar refractivity (Wildman–Crippen MR) is 233 cm³/mol. The summed E-state index contributed by atoms with van der Waals surface area (Å²) in [5.74, 6) is 1.37. The fourth-order valence-corrected chi connectivity index (χ4v) is 8.47. The summed E-state index contributed by atoms with van der Waals surface area (Å²) >= 11 is 0. The van der Waals surface area contributed by atoms with Crippen LogP contribution in [0.15, 0.2) is 201 Å². The van der Waals surface area contributed by atoms with Crippen LogP contribution in [0.1, 0.15) is 0 Å². The van der Waals surface area contributed by atoms with Crippen molar-refractivity contribution < 1.29 is 4.74 Å². The van der Waals surface area contributed by atoms with E-state index in [2.05, 4.69) is 183 Å². The van der Waals surface area contributed by atoms with E-state index < -0.39 is 0 Å². The van der Waals surface area contributed by atoms with Gasteiger partial charge in [-0.25, -0.2) is 4.98 Å². The summed E-state index contributed by atoms with van der Waals surface area (Å²) in [4.78, 5) is 14.3. The highest BCUT2D eigenvalue weighted by molar-refractivity contribution is 6.09. The summed E-state index contributed by atoms with van der Waals surface area (Å²) in [5, 5.41) is 4.65. The molecule has 0 saturated heterocycles. The summed E-state index contributed by atoms with van der Waals surface area (Å²) in [7, 11) is 0. The van der Waals surface area contributed by atoms with Crippen LogP contribution >= 0.6 is 0 Å². The van der Waals surface area contributed by atoms with Crippen LogP contribution in [0.5, 0.6) is 11.5 Å². The topological polar surface area (TPSA) is 46.4 Å². The van der Waals surface area contributed by atoms with Gasteiger partial charge in [-0.1, -0.05) is 133 Å². The minimum absolute atomic E-state index is 0.605. The molecule has 6 nitrogen and oxygen atoms in total. The molecule has 0 atom stereocenters. The van der Waals surface area contributed by atoms with Gasteiger partial charge in [0.2, 0.25) is 0 Å². The Morgan fingerprint density at radius 3 is 1.96 bits per heavy atom. The molecule has 270 valence electrons. The highest BCUT2D eigenvalue weighted by atomic mass is 16.5. The highest BCUT2D eigenvalue weighted by Crippen LogP contribution is 2.52. The molecular formula is C51H35N5O. The maximum absolute atomic E-state index is 6.63. The lowest BCUT2D eigenvalue weighted by atomic mass is 9.94. The molecule has 1 aliphatic heterocycles. The Bertz CT molecular complexity index is 2990. The SMILES string of the molecule is c1ccc(-c2cccc(-c3ccccc3)c2N2CN(c3cccc(Oc4cncc(-n5c6ccccc6c6cccnc65)c4)c3)c3ccc4ccccc4c32)cc1. The number of pyridine rings is 2. The average molecular weight is 734 g/mol. The second-order valence-electron chi connectivity index (χ2n) is 14.3. The van der Waals surface area contributed by atoms with Crippen molar-refractivity contribution >= 4 is 55.5 Å². The van der Waals surface area contributed by atoms with Gasteiger partial charge >= 0.3 is 0 Å². The Morgan fingerprint density at radius 2 is 1.16 bits per heavy atom. The number of nitrogens with zero attached hydrogens (tertiary/aromatic N) is 5. The van der Waals surface area contributed by atoms with Gasteiger partial charge in [0.25, 0.3) is 0 Å². The quantitative estimate of drug-likeness (QED) is 0.163. The first-order chi connectivity index (χ1) is 28.3. The zero-order valence-corrected chi connectivity index (χ0v) is 30.9. The number of hydrogen-bond acceptors (Lipinski definition) is 5. The number of rotatable bonds is 7. The Balaban J connectivity index is 1.01. The maximum Gasteiger partial charge on any atom is 0.147 e. The summed E-state index contributed by atoms with van der Waals surface area (Å²) in [6.45, 7) is 0.605. The van der Waals surface area contributed by atoms with Gasteiger partial charge in [0.05, 0.1) is 40.7 Å². The molecule has 10 aromatic rings. The second-order valence-corrected chi connectivity index (χ2v) is 14.3. The van der Waals surface area contributed by atoms with Crippen molar-refractivity contribution in [1.29, 1.82) is 0 Å². The number of aromatic nitrogens is 3. The fraction of sp³-hybridized carbons (Fsp3) is 0.0196. The molecule has 0 fully saturated rings. The van der Waals surface area contributed by atoms with Crippen LogP contribution in [0.2, 0.25) is 0 Å². The van der Waals surface area contributed by atoms with Crippen LogP contribution < -0.4 is 14.5 Å². The third-order valence-corrected chi connectivity index (χ3v) is 11.0. The lowest BCUT2D eigenvalue weighted by molar-refractivity contribution is 0.480. The Morgan fingerprint density at radius 1 is 0.474 bits per heavy atom. The third-order valence-electron chi connectivity index (χ3n) is 11.0. The molecule has 4 heterocycles. The molecule has 6 heteroatoms. The van der Waals surface area contributed by atoms with Crippen molar-refractivity contribution in [3.05, 3.63) is 201 Å². The molecule has 0 radical (unpaired) electrons. The number of fused-ring (bicyclic) bond motifs is 6. The molecule has 0 spiro atoms. The molecule has 57 heavy (non-hydrogen) atoms. The van der Waals surface area contributed by atoms with E-state index in [1.807, 2.05) is 30.6 Å². The summed E-state index contributed by atoms with van der Waals surface area (Å²) in [6, 6.07) is 64.1. The molecule has 0 saturated carbocycles. The third kappa shape index (κ3) is 5.57. The van der Waals surface area contributed by atoms with Gasteiger partial charge in [0, 0.05) is 51.3 Å². The molecule has 11 rings (SSSR count). The van der Waals surface area contributed by atoms with Gasteiger partial charge in [0.1, 0.15) is 23.8 Å². The van der Waals surface area contributed by atoms with Crippen LogP contribution in [-0.4, -0.2) is 21.2 Å². The molecule has 0 bridgehead atoms. The van der Waals surface area contributed by atoms with Gasteiger partial charge in [0.15, 0.2) is 0 Å². The predicted octanol–water partition coefficient (Wildman–Crippen LogP) is 13.1. The van der Waals surface area contributed by atoms with Crippen molar-refractivity contribution in [2.75, 3.05) is 16.5 Å². The van der Waals surface area contributed by atoms with Gasteiger partial charge in [-0.05, 0) is 52.9 Å². The van der Waals surface area contributed by atoms with Gasteiger partial charge < -0.3 is 14.5 Å². The molecule has 0 aliphatic carbocycles. The molecule has 0 N–H and O–H groups in total. The van der Waals surface area contributed by atoms with E-state index in [4.69, 9.17) is 9.72 Å². The highest BCUT2D eigenvalue weighted by Gasteiger charge is 2.33. The van der Waals surface area contributed by atoms with Crippen LogP contribution in [-0.2, 0) is 0 Å². The van der Waals surface area contributed by atoms with E-state index in [-0.39, 0.29) is 0 Å². The molecular weight excluding hydrogens is 699 g/mol. The first-order valence-electron chi connectivity index (χ1n) is 19.2. The van der Waals surface area contributed by atoms with Crippen LogP contribution in [0.3, 0.4) is 0 Å². The average Bonchev–Trinajstić information content (AvgIpc) is 3.84. The van der Waals surface area contributed by atoms with E-state index in [1.165, 1.54) is 44.4 Å². The molecule has 3 aromatic heterocycles. The number of benzene rings is 7. The van der Waals surface area contributed by atoms with E-state index in [9.17, 15) is 0 Å². The summed E-state index contributed by atoms with van der Waals surface area (Å²) < 4.78 is 8.78. The lowest BCUT2D eigenvalue weighted by Crippen LogP contribution is -2.25. The maximum atomic E-state index is 6.63. The first-order valence-corrected chi connectivity index (χ1v) is 19.2. The fourth-order valence-electron chi connectivity index (χ4n) is 8.47. The van der Waals surface area contributed by atoms with Crippen LogP contribution in [0, 0.1) is 0 Å². The van der Waals surface area contributed by atoms with Gasteiger partial charge in [-0.3, -0.25) is 9.55 Å². The van der Waals surface area contributed by atoms with Crippen molar-refractivity contribution in [3.63, 3.8) is 0 Å². The number of ether oxygens (including phenoxy) is 1.